The molecule has 144 valence electrons. The standard InChI is InChI=1S/C17H26N6OS.HI/c1-3-18-17(20-11-6-7-13-25-2)21-12-9-15-22-16(24-23-15)14-8-4-5-10-19-14;/h4-5,8,10H,3,6-7,9,11-13H2,1-2H3,(H2,18,20,21);1H. The summed E-state index contributed by atoms with van der Waals surface area (Å²) in [4.78, 5) is 13.2. The lowest BCUT2D eigenvalue weighted by Crippen LogP contribution is -2.38. The SMILES string of the molecule is CCNC(=NCCCCSC)NCCc1noc(-c2ccccn2)n1.I. The fourth-order valence-electron chi connectivity index (χ4n) is 2.13. The van der Waals surface area contributed by atoms with E-state index >= 15 is 0 Å². The van der Waals surface area contributed by atoms with Crippen LogP contribution in [0.25, 0.3) is 11.6 Å². The zero-order valence-electron chi connectivity index (χ0n) is 15.3. The van der Waals surface area contributed by atoms with Gasteiger partial charge >= 0.3 is 0 Å². The van der Waals surface area contributed by atoms with Crippen molar-refractivity contribution in [2.24, 2.45) is 4.99 Å². The highest BCUT2D eigenvalue weighted by Crippen LogP contribution is 2.13. The van der Waals surface area contributed by atoms with Crippen molar-refractivity contribution in [3.63, 3.8) is 0 Å². The number of guanidine groups is 1. The van der Waals surface area contributed by atoms with Gasteiger partial charge in [-0.2, -0.15) is 16.7 Å². The first-order valence-electron chi connectivity index (χ1n) is 8.58. The minimum atomic E-state index is 0. The van der Waals surface area contributed by atoms with Crippen molar-refractivity contribution in [2.45, 2.75) is 26.2 Å². The number of nitrogens with one attached hydrogen (secondary N) is 2. The molecule has 0 amide bonds. The monoisotopic (exact) mass is 490 g/mol. The van der Waals surface area contributed by atoms with Crippen molar-refractivity contribution < 1.29 is 4.52 Å². The number of rotatable bonds is 10. The summed E-state index contributed by atoms with van der Waals surface area (Å²) in [6, 6.07) is 5.60. The lowest BCUT2D eigenvalue weighted by atomic mass is 10.3. The molecule has 0 aliphatic carbocycles. The predicted molar refractivity (Wildman–Crippen MR) is 118 cm³/mol. The number of nitrogens with zero attached hydrogens (tertiary/aromatic N) is 4. The van der Waals surface area contributed by atoms with Gasteiger partial charge in [0.15, 0.2) is 11.8 Å². The fourth-order valence-corrected chi connectivity index (χ4v) is 2.63. The molecule has 0 aromatic carbocycles. The summed E-state index contributed by atoms with van der Waals surface area (Å²) in [6.07, 6.45) is 6.80. The molecule has 2 aromatic rings. The van der Waals surface area contributed by atoms with E-state index in [0.717, 1.165) is 25.5 Å². The Morgan fingerprint density at radius 1 is 1.27 bits per heavy atom. The third-order valence-electron chi connectivity index (χ3n) is 3.36. The summed E-state index contributed by atoms with van der Waals surface area (Å²) >= 11 is 1.88. The molecule has 2 N–H and O–H groups in total. The zero-order valence-corrected chi connectivity index (χ0v) is 18.4. The molecule has 0 bridgehead atoms. The number of aromatic nitrogens is 3. The number of aliphatic imine (C=N–C) groups is 1. The number of unbranched alkanes of at least 4 members (excludes halogenated alkanes) is 1. The van der Waals surface area contributed by atoms with Gasteiger partial charge in [-0.05, 0) is 43.9 Å². The molecule has 0 saturated carbocycles. The Labute approximate surface area is 176 Å². The zero-order chi connectivity index (χ0) is 17.7. The molecular weight excluding hydrogens is 463 g/mol. The maximum absolute atomic E-state index is 5.26. The summed E-state index contributed by atoms with van der Waals surface area (Å²) < 4.78 is 5.26. The Kier molecular flexibility index (Phi) is 12.0. The van der Waals surface area contributed by atoms with Crippen LogP contribution in [0.5, 0.6) is 0 Å². The smallest absolute Gasteiger partial charge is 0.276 e. The van der Waals surface area contributed by atoms with Crippen molar-refractivity contribution >= 4 is 41.7 Å². The molecular formula is C17H27IN6OS. The summed E-state index contributed by atoms with van der Waals surface area (Å²) in [6.45, 7) is 4.42. The first kappa shape index (κ1) is 22.7. The van der Waals surface area contributed by atoms with Crippen LogP contribution in [0.2, 0.25) is 0 Å². The first-order chi connectivity index (χ1) is 12.3. The lowest BCUT2D eigenvalue weighted by Gasteiger charge is -2.10. The van der Waals surface area contributed by atoms with Crippen molar-refractivity contribution in [1.29, 1.82) is 0 Å². The number of hydrogen-bond donors (Lipinski definition) is 2. The third kappa shape index (κ3) is 8.35. The van der Waals surface area contributed by atoms with Gasteiger partial charge in [-0.15, -0.1) is 24.0 Å². The first-order valence-corrected chi connectivity index (χ1v) is 9.98. The maximum atomic E-state index is 5.26. The molecule has 7 nitrogen and oxygen atoms in total. The van der Waals surface area contributed by atoms with Crippen LogP contribution < -0.4 is 10.6 Å². The second-order valence-electron chi connectivity index (χ2n) is 5.37. The molecule has 0 atom stereocenters. The summed E-state index contributed by atoms with van der Waals surface area (Å²) in [5.41, 5.74) is 0.689. The number of pyridine rings is 1. The van der Waals surface area contributed by atoms with E-state index in [9.17, 15) is 0 Å². The second kappa shape index (κ2) is 13.8. The van der Waals surface area contributed by atoms with E-state index in [1.54, 1.807) is 6.20 Å². The van der Waals surface area contributed by atoms with Gasteiger partial charge in [0.2, 0.25) is 0 Å². The summed E-state index contributed by atoms with van der Waals surface area (Å²) in [5, 5.41) is 10.6. The van der Waals surface area contributed by atoms with Gasteiger partial charge < -0.3 is 15.2 Å². The summed E-state index contributed by atoms with van der Waals surface area (Å²) in [5.74, 6) is 3.13. The van der Waals surface area contributed by atoms with Crippen molar-refractivity contribution in [3.05, 3.63) is 30.2 Å². The molecule has 0 aliphatic rings. The molecule has 0 aliphatic heterocycles. The third-order valence-corrected chi connectivity index (χ3v) is 4.06. The normalized spacial score (nSPS) is 11.1. The van der Waals surface area contributed by atoms with Gasteiger partial charge in [-0.1, -0.05) is 11.2 Å². The molecule has 0 unspecified atom stereocenters. The maximum Gasteiger partial charge on any atom is 0.276 e. The average molecular weight is 490 g/mol. The number of thioether (sulfide) groups is 1. The van der Waals surface area contributed by atoms with Crippen LogP contribution in [0.1, 0.15) is 25.6 Å². The van der Waals surface area contributed by atoms with E-state index in [1.165, 1.54) is 12.2 Å². The van der Waals surface area contributed by atoms with Crippen LogP contribution in [-0.4, -0.2) is 52.7 Å². The molecule has 2 aromatic heterocycles. The van der Waals surface area contributed by atoms with Crippen molar-refractivity contribution in [2.75, 3.05) is 31.6 Å². The second-order valence-corrected chi connectivity index (χ2v) is 6.35. The number of halogens is 1. The Bertz CT molecular complexity index is 637. The van der Waals surface area contributed by atoms with E-state index in [2.05, 4.69) is 43.9 Å². The fraction of sp³-hybridized carbons (Fsp3) is 0.529. The quantitative estimate of drug-likeness (QED) is 0.229. The topological polar surface area (TPSA) is 88.2 Å². The minimum Gasteiger partial charge on any atom is -0.357 e. The lowest BCUT2D eigenvalue weighted by molar-refractivity contribution is 0.421. The Balaban J connectivity index is 0.00000338. The van der Waals surface area contributed by atoms with E-state index in [4.69, 9.17) is 4.52 Å². The Morgan fingerprint density at radius 3 is 2.88 bits per heavy atom. The van der Waals surface area contributed by atoms with Crippen LogP contribution in [-0.2, 0) is 6.42 Å². The number of hydrogen-bond acceptors (Lipinski definition) is 6. The van der Waals surface area contributed by atoms with Gasteiger partial charge in [-0.3, -0.25) is 9.98 Å². The molecule has 2 heterocycles. The van der Waals surface area contributed by atoms with E-state index < -0.39 is 0 Å². The van der Waals surface area contributed by atoms with E-state index in [1.807, 2.05) is 30.0 Å². The highest BCUT2D eigenvalue weighted by molar-refractivity contribution is 14.0. The van der Waals surface area contributed by atoms with Gasteiger partial charge in [0.1, 0.15) is 5.69 Å². The van der Waals surface area contributed by atoms with Crippen molar-refractivity contribution in [1.82, 2.24) is 25.8 Å². The highest BCUT2D eigenvalue weighted by atomic mass is 127. The molecule has 0 spiro atoms. The highest BCUT2D eigenvalue weighted by Gasteiger charge is 2.09. The molecule has 26 heavy (non-hydrogen) atoms. The Morgan fingerprint density at radius 2 is 2.15 bits per heavy atom. The van der Waals surface area contributed by atoms with Crippen LogP contribution in [0.4, 0.5) is 0 Å². The Hall–Kier alpha value is -1.36. The molecule has 0 radical (unpaired) electrons. The summed E-state index contributed by atoms with van der Waals surface area (Å²) in [7, 11) is 0. The van der Waals surface area contributed by atoms with Gasteiger partial charge in [0, 0.05) is 32.3 Å². The molecule has 0 fully saturated rings. The average Bonchev–Trinajstić information content (AvgIpc) is 3.11. The van der Waals surface area contributed by atoms with E-state index in [0.29, 0.717) is 30.4 Å². The van der Waals surface area contributed by atoms with E-state index in [-0.39, 0.29) is 24.0 Å². The van der Waals surface area contributed by atoms with Crippen LogP contribution in [0, 0.1) is 0 Å². The van der Waals surface area contributed by atoms with Crippen molar-refractivity contribution in [3.8, 4) is 11.6 Å². The van der Waals surface area contributed by atoms with Crippen LogP contribution in [0.15, 0.2) is 33.9 Å². The largest absolute Gasteiger partial charge is 0.357 e. The van der Waals surface area contributed by atoms with Crippen LogP contribution in [0.3, 0.4) is 0 Å². The molecule has 2 rings (SSSR count). The predicted octanol–water partition coefficient (Wildman–Crippen LogP) is 2.99. The minimum absolute atomic E-state index is 0. The molecule has 0 saturated heterocycles. The van der Waals surface area contributed by atoms with Gasteiger partial charge in [0.25, 0.3) is 5.89 Å². The van der Waals surface area contributed by atoms with Gasteiger partial charge in [0.05, 0.1) is 0 Å². The molecule has 9 heteroatoms. The van der Waals surface area contributed by atoms with Crippen LogP contribution >= 0.6 is 35.7 Å². The van der Waals surface area contributed by atoms with Gasteiger partial charge in [-0.25, -0.2) is 0 Å².